The first-order valence-corrected chi connectivity index (χ1v) is 6.95. The molecule has 1 unspecified atom stereocenters. The molecule has 0 saturated carbocycles. The van der Waals surface area contributed by atoms with Crippen LogP contribution in [0.4, 0.5) is 5.69 Å². The second kappa shape index (κ2) is 6.52. The Kier molecular flexibility index (Phi) is 4.74. The van der Waals surface area contributed by atoms with Gasteiger partial charge in [-0.1, -0.05) is 25.1 Å². The Morgan fingerprint density at radius 3 is 2.50 bits per heavy atom. The smallest absolute Gasteiger partial charge is 0.230 e. The number of primary amides is 1. The van der Waals surface area contributed by atoms with Crippen LogP contribution in [0.1, 0.15) is 13.3 Å². The van der Waals surface area contributed by atoms with Crippen LogP contribution in [0, 0.1) is 11.8 Å². The molecule has 1 atom stereocenters. The monoisotopic (exact) mass is 275 g/mol. The minimum Gasteiger partial charge on any atom is -0.370 e. The van der Waals surface area contributed by atoms with Gasteiger partial charge in [0.2, 0.25) is 11.8 Å². The summed E-state index contributed by atoms with van der Waals surface area (Å²) in [5, 5.41) is 3.18. The first kappa shape index (κ1) is 14.5. The lowest BCUT2D eigenvalue weighted by Gasteiger charge is -2.35. The van der Waals surface area contributed by atoms with E-state index in [2.05, 4.69) is 5.32 Å². The molecule has 5 heteroatoms. The van der Waals surface area contributed by atoms with Gasteiger partial charge in [-0.3, -0.25) is 9.59 Å². The number of benzene rings is 1. The molecule has 0 spiro atoms. The Morgan fingerprint density at radius 2 is 2.00 bits per heavy atom. The molecule has 1 heterocycles. The van der Waals surface area contributed by atoms with Crippen LogP contribution in [0.2, 0.25) is 0 Å². The topological polar surface area (TPSA) is 75.4 Å². The SMILES string of the molecule is CC(C(=O)N(CCC(N)=O)c1ccccc1)C1CNC1. The van der Waals surface area contributed by atoms with E-state index in [0.717, 1.165) is 18.8 Å². The lowest BCUT2D eigenvalue weighted by atomic mass is 9.87. The number of nitrogens with one attached hydrogen (secondary N) is 1. The van der Waals surface area contributed by atoms with Gasteiger partial charge in [-0.15, -0.1) is 0 Å². The van der Waals surface area contributed by atoms with Crippen molar-refractivity contribution in [1.29, 1.82) is 0 Å². The molecule has 1 aromatic rings. The number of para-hydroxylation sites is 1. The molecule has 1 aliphatic rings. The molecule has 0 bridgehead atoms. The molecule has 1 saturated heterocycles. The Labute approximate surface area is 119 Å². The van der Waals surface area contributed by atoms with E-state index >= 15 is 0 Å². The molecule has 0 aromatic heterocycles. The van der Waals surface area contributed by atoms with Gasteiger partial charge in [-0.05, 0) is 31.1 Å². The van der Waals surface area contributed by atoms with E-state index in [1.165, 1.54) is 0 Å². The minimum absolute atomic E-state index is 0.0515. The van der Waals surface area contributed by atoms with Crippen LogP contribution < -0.4 is 16.0 Å². The first-order valence-electron chi connectivity index (χ1n) is 6.95. The van der Waals surface area contributed by atoms with Gasteiger partial charge in [-0.2, -0.15) is 0 Å². The largest absolute Gasteiger partial charge is 0.370 e. The van der Waals surface area contributed by atoms with Crippen LogP contribution in [0.5, 0.6) is 0 Å². The average molecular weight is 275 g/mol. The van der Waals surface area contributed by atoms with E-state index in [0.29, 0.717) is 12.5 Å². The highest BCUT2D eigenvalue weighted by atomic mass is 16.2. The molecule has 3 N–H and O–H groups in total. The molecule has 5 nitrogen and oxygen atoms in total. The third-order valence-corrected chi connectivity index (χ3v) is 3.83. The van der Waals surface area contributed by atoms with Crippen molar-refractivity contribution in [3.63, 3.8) is 0 Å². The van der Waals surface area contributed by atoms with Gasteiger partial charge in [0.15, 0.2) is 0 Å². The Balaban J connectivity index is 2.12. The summed E-state index contributed by atoms with van der Waals surface area (Å²) in [6.07, 6.45) is 0.177. The number of carbonyl (C=O) groups is 2. The van der Waals surface area contributed by atoms with Gasteiger partial charge in [-0.25, -0.2) is 0 Å². The molecule has 0 radical (unpaired) electrons. The van der Waals surface area contributed by atoms with Gasteiger partial charge >= 0.3 is 0 Å². The number of nitrogens with two attached hydrogens (primary N) is 1. The summed E-state index contributed by atoms with van der Waals surface area (Å²) < 4.78 is 0. The lowest BCUT2D eigenvalue weighted by molar-refractivity contribution is -0.124. The van der Waals surface area contributed by atoms with Crippen LogP contribution in [0.15, 0.2) is 30.3 Å². The van der Waals surface area contributed by atoms with Gasteiger partial charge in [0, 0.05) is 24.6 Å². The average Bonchev–Trinajstić information content (AvgIpc) is 2.37. The van der Waals surface area contributed by atoms with E-state index < -0.39 is 5.91 Å². The molecule has 2 amide bonds. The van der Waals surface area contributed by atoms with E-state index in [4.69, 9.17) is 5.73 Å². The van der Waals surface area contributed by atoms with Crippen molar-refractivity contribution in [3.8, 4) is 0 Å². The highest BCUT2D eigenvalue weighted by Crippen LogP contribution is 2.22. The quantitative estimate of drug-likeness (QED) is 0.804. The molecular weight excluding hydrogens is 254 g/mol. The number of hydrogen-bond acceptors (Lipinski definition) is 3. The zero-order valence-electron chi connectivity index (χ0n) is 11.7. The maximum atomic E-state index is 12.6. The highest BCUT2D eigenvalue weighted by Gasteiger charge is 2.32. The van der Waals surface area contributed by atoms with Crippen molar-refractivity contribution in [2.45, 2.75) is 13.3 Å². The second-order valence-electron chi connectivity index (χ2n) is 5.25. The molecule has 108 valence electrons. The molecule has 1 aliphatic heterocycles. The summed E-state index contributed by atoms with van der Waals surface area (Å²) in [4.78, 5) is 25.3. The maximum Gasteiger partial charge on any atom is 0.230 e. The van der Waals surface area contributed by atoms with Crippen molar-refractivity contribution in [3.05, 3.63) is 30.3 Å². The minimum atomic E-state index is -0.392. The fourth-order valence-electron chi connectivity index (χ4n) is 2.31. The van der Waals surface area contributed by atoms with Gasteiger partial charge in [0.05, 0.1) is 0 Å². The van der Waals surface area contributed by atoms with Crippen LogP contribution in [-0.4, -0.2) is 31.4 Å². The van der Waals surface area contributed by atoms with Crippen LogP contribution in [0.25, 0.3) is 0 Å². The highest BCUT2D eigenvalue weighted by molar-refractivity contribution is 5.95. The normalized spacial score (nSPS) is 16.2. The maximum absolute atomic E-state index is 12.6. The van der Waals surface area contributed by atoms with E-state index in [-0.39, 0.29) is 18.2 Å². The number of amides is 2. The van der Waals surface area contributed by atoms with E-state index in [1.807, 2.05) is 37.3 Å². The number of anilines is 1. The second-order valence-corrected chi connectivity index (χ2v) is 5.25. The van der Waals surface area contributed by atoms with Gasteiger partial charge in [0.1, 0.15) is 0 Å². The molecule has 20 heavy (non-hydrogen) atoms. The number of hydrogen-bond donors (Lipinski definition) is 2. The van der Waals surface area contributed by atoms with E-state index in [1.54, 1.807) is 4.90 Å². The summed E-state index contributed by atoms with van der Waals surface area (Å²) in [6.45, 7) is 4.05. The summed E-state index contributed by atoms with van der Waals surface area (Å²) in [7, 11) is 0. The van der Waals surface area contributed by atoms with Gasteiger partial charge < -0.3 is 16.0 Å². The van der Waals surface area contributed by atoms with Crippen LogP contribution in [-0.2, 0) is 9.59 Å². The zero-order chi connectivity index (χ0) is 14.5. The lowest BCUT2D eigenvalue weighted by Crippen LogP contribution is -2.50. The predicted molar refractivity (Wildman–Crippen MR) is 78.1 cm³/mol. The first-order chi connectivity index (χ1) is 9.59. The van der Waals surface area contributed by atoms with Gasteiger partial charge in [0.25, 0.3) is 0 Å². The fourth-order valence-corrected chi connectivity index (χ4v) is 2.31. The number of nitrogens with zero attached hydrogens (tertiary/aromatic N) is 1. The molecule has 0 aliphatic carbocycles. The summed E-state index contributed by atoms with van der Waals surface area (Å²) in [6, 6.07) is 9.43. The molecule has 1 aromatic carbocycles. The standard InChI is InChI=1S/C15H21N3O2/c1-11(12-9-17-10-12)15(20)18(8-7-14(16)19)13-5-3-2-4-6-13/h2-6,11-12,17H,7-10H2,1H3,(H2,16,19). The fraction of sp³-hybridized carbons (Fsp3) is 0.467. The van der Waals surface area contributed by atoms with Crippen LogP contribution >= 0.6 is 0 Å². The Hall–Kier alpha value is -1.88. The van der Waals surface area contributed by atoms with Crippen molar-refractivity contribution >= 4 is 17.5 Å². The number of rotatable bonds is 6. The third-order valence-electron chi connectivity index (χ3n) is 3.83. The van der Waals surface area contributed by atoms with Crippen molar-refractivity contribution in [2.24, 2.45) is 17.6 Å². The Bertz CT molecular complexity index is 471. The van der Waals surface area contributed by atoms with E-state index in [9.17, 15) is 9.59 Å². The predicted octanol–water partition coefficient (Wildman–Crippen LogP) is 0.750. The Morgan fingerprint density at radius 1 is 1.35 bits per heavy atom. The van der Waals surface area contributed by atoms with Crippen molar-refractivity contribution < 1.29 is 9.59 Å². The third kappa shape index (κ3) is 3.36. The summed E-state index contributed by atoms with van der Waals surface area (Å²) in [5.41, 5.74) is 6.02. The van der Waals surface area contributed by atoms with Crippen molar-refractivity contribution in [2.75, 3.05) is 24.5 Å². The summed E-state index contributed by atoms with van der Waals surface area (Å²) >= 11 is 0. The summed E-state index contributed by atoms with van der Waals surface area (Å²) in [5.74, 6) is -0.00716. The number of carbonyl (C=O) groups excluding carboxylic acids is 2. The zero-order valence-corrected chi connectivity index (χ0v) is 11.7. The molecular formula is C15H21N3O2. The van der Waals surface area contributed by atoms with Crippen molar-refractivity contribution in [1.82, 2.24) is 5.32 Å². The van der Waals surface area contributed by atoms with Crippen LogP contribution in [0.3, 0.4) is 0 Å². The molecule has 1 fully saturated rings. The molecule has 2 rings (SSSR count).